The standard InChI is InChI=1S/C15H17N3O3/c1-4-12-13(9(2)21-18-12)15(20)17-11-7-5-10(6-8-11)14(19)16-3/h5-8H,4H2,1-3H3,(H,16,19)(H,17,20). The number of benzene rings is 1. The van der Waals surface area contributed by atoms with Gasteiger partial charge in [-0.3, -0.25) is 9.59 Å². The third-order valence-corrected chi connectivity index (χ3v) is 3.13. The number of rotatable bonds is 4. The molecule has 0 aliphatic carbocycles. The van der Waals surface area contributed by atoms with Crippen molar-refractivity contribution in [2.75, 3.05) is 12.4 Å². The molecule has 2 aromatic rings. The predicted octanol–water partition coefficient (Wildman–Crippen LogP) is 2.16. The van der Waals surface area contributed by atoms with Crippen molar-refractivity contribution < 1.29 is 14.1 Å². The van der Waals surface area contributed by atoms with Gasteiger partial charge >= 0.3 is 0 Å². The van der Waals surface area contributed by atoms with Crippen molar-refractivity contribution in [3.63, 3.8) is 0 Å². The van der Waals surface area contributed by atoms with Crippen LogP contribution in [0.1, 0.15) is 39.1 Å². The van der Waals surface area contributed by atoms with Gasteiger partial charge < -0.3 is 15.2 Å². The first-order valence-corrected chi connectivity index (χ1v) is 6.65. The van der Waals surface area contributed by atoms with Gasteiger partial charge in [0.05, 0.1) is 5.69 Å². The first kappa shape index (κ1) is 14.8. The Kier molecular flexibility index (Phi) is 4.37. The molecule has 0 radical (unpaired) electrons. The highest BCUT2D eigenvalue weighted by atomic mass is 16.5. The molecule has 0 atom stereocenters. The number of hydrogen-bond donors (Lipinski definition) is 2. The van der Waals surface area contributed by atoms with Crippen molar-refractivity contribution in [3.8, 4) is 0 Å². The summed E-state index contributed by atoms with van der Waals surface area (Å²) in [6, 6.07) is 6.65. The number of aryl methyl sites for hydroxylation is 2. The Morgan fingerprint density at radius 3 is 2.43 bits per heavy atom. The van der Waals surface area contributed by atoms with E-state index in [0.29, 0.717) is 34.7 Å². The van der Waals surface area contributed by atoms with Crippen LogP contribution in [0.4, 0.5) is 5.69 Å². The Hall–Kier alpha value is -2.63. The Morgan fingerprint density at radius 1 is 1.19 bits per heavy atom. The number of carbonyl (C=O) groups excluding carboxylic acids is 2. The lowest BCUT2D eigenvalue weighted by molar-refractivity contribution is 0.0962. The monoisotopic (exact) mass is 287 g/mol. The van der Waals surface area contributed by atoms with Gasteiger partial charge in [-0.2, -0.15) is 0 Å². The second kappa shape index (κ2) is 6.21. The van der Waals surface area contributed by atoms with Crippen LogP contribution in [0.15, 0.2) is 28.8 Å². The summed E-state index contributed by atoms with van der Waals surface area (Å²) in [5.41, 5.74) is 2.24. The summed E-state index contributed by atoms with van der Waals surface area (Å²) >= 11 is 0. The fourth-order valence-corrected chi connectivity index (χ4v) is 1.99. The number of amides is 2. The smallest absolute Gasteiger partial charge is 0.261 e. The zero-order valence-electron chi connectivity index (χ0n) is 12.2. The maximum Gasteiger partial charge on any atom is 0.261 e. The summed E-state index contributed by atoms with van der Waals surface area (Å²) in [7, 11) is 1.57. The van der Waals surface area contributed by atoms with Crippen LogP contribution in [-0.2, 0) is 6.42 Å². The Bertz CT molecular complexity index is 659. The molecule has 0 aliphatic heterocycles. The van der Waals surface area contributed by atoms with Crippen LogP contribution in [0, 0.1) is 6.92 Å². The zero-order chi connectivity index (χ0) is 15.4. The normalized spacial score (nSPS) is 10.2. The van der Waals surface area contributed by atoms with E-state index in [0.717, 1.165) is 0 Å². The van der Waals surface area contributed by atoms with Gasteiger partial charge in [-0.1, -0.05) is 12.1 Å². The summed E-state index contributed by atoms with van der Waals surface area (Å²) in [5, 5.41) is 9.17. The molecular weight excluding hydrogens is 270 g/mol. The van der Waals surface area contributed by atoms with E-state index in [4.69, 9.17) is 4.52 Å². The molecule has 0 fully saturated rings. The molecule has 0 spiro atoms. The van der Waals surface area contributed by atoms with E-state index in [2.05, 4.69) is 15.8 Å². The first-order valence-electron chi connectivity index (χ1n) is 6.65. The molecule has 2 amide bonds. The summed E-state index contributed by atoms with van der Waals surface area (Å²) in [6.45, 7) is 3.61. The third kappa shape index (κ3) is 3.10. The molecule has 6 heteroatoms. The van der Waals surface area contributed by atoms with Crippen molar-refractivity contribution in [2.45, 2.75) is 20.3 Å². The minimum absolute atomic E-state index is 0.170. The lowest BCUT2D eigenvalue weighted by Gasteiger charge is -2.06. The minimum Gasteiger partial charge on any atom is -0.361 e. The second-order valence-electron chi connectivity index (χ2n) is 4.52. The molecule has 0 saturated heterocycles. The lowest BCUT2D eigenvalue weighted by atomic mass is 10.1. The summed E-state index contributed by atoms with van der Waals surface area (Å²) in [5.74, 6) is 0.0562. The molecular formula is C15H17N3O3. The Labute approximate surface area is 122 Å². The van der Waals surface area contributed by atoms with Gasteiger partial charge in [0, 0.05) is 18.3 Å². The zero-order valence-corrected chi connectivity index (χ0v) is 12.2. The van der Waals surface area contributed by atoms with Gasteiger partial charge in [0.1, 0.15) is 11.3 Å². The fourth-order valence-electron chi connectivity index (χ4n) is 1.99. The molecule has 21 heavy (non-hydrogen) atoms. The second-order valence-corrected chi connectivity index (χ2v) is 4.52. The van der Waals surface area contributed by atoms with Crippen LogP contribution in [0.25, 0.3) is 0 Å². The number of hydrogen-bond acceptors (Lipinski definition) is 4. The van der Waals surface area contributed by atoms with E-state index in [9.17, 15) is 9.59 Å². The van der Waals surface area contributed by atoms with Crippen LogP contribution in [0.2, 0.25) is 0 Å². The fraction of sp³-hybridized carbons (Fsp3) is 0.267. The maximum atomic E-state index is 12.3. The van der Waals surface area contributed by atoms with E-state index in [1.807, 2.05) is 6.92 Å². The molecule has 1 heterocycles. The van der Waals surface area contributed by atoms with Crippen molar-refractivity contribution in [1.29, 1.82) is 0 Å². The molecule has 0 unspecified atom stereocenters. The highest BCUT2D eigenvalue weighted by Crippen LogP contribution is 2.17. The number of nitrogens with one attached hydrogen (secondary N) is 2. The number of carbonyl (C=O) groups is 2. The van der Waals surface area contributed by atoms with E-state index in [-0.39, 0.29) is 11.8 Å². The van der Waals surface area contributed by atoms with Gasteiger partial charge in [-0.15, -0.1) is 0 Å². The molecule has 1 aromatic carbocycles. The van der Waals surface area contributed by atoms with Crippen molar-refractivity contribution in [2.24, 2.45) is 0 Å². The minimum atomic E-state index is -0.265. The molecule has 1 aromatic heterocycles. The van der Waals surface area contributed by atoms with E-state index >= 15 is 0 Å². The maximum absolute atomic E-state index is 12.3. The predicted molar refractivity (Wildman–Crippen MR) is 78.4 cm³/mol. The largest absolute Gasteiger partial charge is 0.361 e. The van der Waals surface area contributed by atoms with E-state index in [1.54, 1.807) is 38.2 Å². The van der Waals surface area contributed by atoms with Crippen LogP contribution in [-0.4, -0.2) is 24.0 Å². The van der Waals surface area contributed by atoms with Crippen LogP contribution in [0.5, 0.6) is 0 Å². The van der Waals surface area contributed by atoms with Crippen LogP contribution >= 0.6 is 0 Å². The van der Waals surface area contributed by atoms with Gasteiger partial charge in [0.25, 0.3) is 11.8 Å². The Morgan fingerprint density at radius 2 is 1.86 bits per heavy atom. The molecule has 6 nitrogen and oxygen atoms in total. The number of aromatic nitrogens is 1. The third-order valence-electron chi connectivity index (χ3n) is 3.13. The summed E-state index contributed by atoms with van der Waals surface area (Å²) in [4.78, 5) is 23.7. The SMILES string of the molecule is CCc1noc(C)c1C(=O)Nc1ccc(C(=O)NC)cc1. The Balaban J connectivity index is 2.16. The van der Waals surface area contributed by atoms with Crippen molar-refractivity contribution >= 4 is 17.5 Å². The molecule has 0 aliphatic rings. The highest BCUT2D eigenvalue weighted by molar-refractivity contribution is 6.06. The average Bonchev–Trinajstić information content (AvgIpc) is 2.88. The van der Waals surface area contributed by atoms with Gasteiger partial charge in [0.15, 0.2) is 0 Å². The topological polar surface area (TPSA) is 84.2 Å². The van der Waals surface area contributed by atoms with Crippen LogP contribution in [0.3, 0.4) is 0 Å². The number of nitrogens with zero attached hydrogens (tertiary/aromatic N) is 1. The number of anilines is 1. The van der Waals surface area contributed by atoms with Crippen molar-refractivity contribution in [3.05, 3.63) is 46.8 Å². The molecule has 2 rings (SSSR count). The summed E-state index contributed by atoms with van der Waals surface area (Å²) in [6.07, 6.45) is 0.621. The summed E-state index contributed by atoms with van der Waals surface area (Å²) < 4.78 is 5.05. The molecule has 2 N–H and O–H groups in total. The molecule has 0 saturated carbocycles. The van der Waals surface area contributed by atoms with Gasteiger partial charge in [-0.25, -0.2) is 0 Å². The molecule has 0 bridgehead atoms. The first-order chi connectivity index (χ1) is 10.1. The van der Waals surface area contributed by atoms with Crippen molar-refractivity contribution in [1.82, 2.24) is 10.5 Å². The average molecular weight is 287 g/mol. The molecule has 110 valence electrons. The quantitative estimate of drug-likeness (QED) is 0.902. The van der Waals surface area contributed by atoms with E-state index in [1.165, 1.54) is 0 Å². The van der Waals surface area contributed by atoms with E-state index < -0.39 is 0 Å². The van der Waals surface area contributed by atoms with Gasteiger partial charge in [-0.05, 0) is 37.6 Å². The highest BCUT2D eigenvalue weighted by Gasteiger charge is 2.19. The van der Waals surface area contributed by atoms with Crippen LogP contribution < -0.4 is 10.6 Å². The van der Waals surface area contributed by atoms with Gasteiger partial charge in [0.2, 0.25) is 0 Å². The lowest BCUT2D eigenvalue weighted by Crippen LogP contribution is -2.18.